The Morgan fingerprint density at radius 3 is 2.14 bits per heavy atom. The number of rotatable bonds is 2. The van der Waals surface area contributed by atoms with Crippen LogP contribution in [0.15, 0.2) is 12.2 Å². The summed E-state index contributed by atoms with van der Waals surface area (Å²) in [7, 11) is 0. The largest absolute Gasteiger partial charge is 1.00 e. The number of allylic oxidation sites excluding steroid dienone is 1. The molecule has 35 valence electrons. The minimum absolute atomic E-state index is 0. The molecule has 0 saturated carbocycles. The van der Waals surface area contributed by atoms with Gasteiger partial charge in [-0.05, 0) is 19.8 Å². The Kier molecular flexibility index (Phi) is 11.8. The molecule has 0 unspecified atom stereocenters. The van der Waals surface area contributed by atoms with Crippen LogP contribution in [0.3, 0.4) is 0 Å². The molecule has 0 aliphatic rings. The molecule has 0 amide bonds. The van der Waals surface area contributed by atoms with Gasteiger partial charge in [0.15, 0.2) is 0 Å². The summed E-state index contributed by atoms with van der Waals surface area (Å²) in [6, 6.07) is 0. The van der Waals surface area contributed by atoms with E-state index in [1.54, 1.807) is 0 Å². The van der Waals surface area contributed by atoms with Crippen molar-refractivity contribution in [1.82, 2.24) is 0 Å². The van der Waals surface area contributed by atoms with E-state index in [0.717, 1.165) is 12.0 Å². The maximum absolute atomic E-state index is 3.69. The Hall–Kier alpha value is 1.38. The van der Waals surface area contributed by atoms with Crippen LogP contribution < -0.4 is 51.4 Å². The smallest absolute Gasteiger partial charge is 0.0998 e. The van der Waals surface area contributed by atoms with Gasteiger partial charge in [0.2, 0.25) is 0 Å². The van der Waals surface area contributed by atoms with Gasteiger partial charge in [-0.2, -0.15) is 0 Å². The molecule has 1 heteroatoms. The van der Waals surface area contributed by atoms with E-state index in [4.69, 9.17) is 0 Å². The van der Waals surface area contributed by atoms with E-state index >= 15 is 0 Å². The normalized spacial score (nSPS) is 7.14. The summed E-state index contributed by atoms with van der Waals surface area (Å²) in [5, 5.41) is 0. The van der Waals surface area contributed by atoms with Crippen LogP contribution in [0.2, 0.25) is 0 Å². The molecular weight excluding hydrogens is 111 g/mol. The molecule has 0 rings (SSSR count). The van der Waals surface area contributed by atoms with Crippen molar-refractivity contribution in [2.75, 3.05) is 0 Å². The minimum atomic E-state index is 0. The van der Waals surface area contributed by atoms with Crippen molar-refractivity contribution in [2.24, 2.45) is 0 Å². The second-order valence-corrected chi connectivity index (χ2v) is 1.46. The van der Waals surface area contributed by atoms with Gasteiger partial charge in [0, 0.05) is 0 Å². The predicted octanol–water partition coefficient (Wildman–Crippen LogP) is -0.819. The molecule has 0 aromatic heterocycles. The van der Waals surface area contributed by atoms with Crippen LogP contribution in [0.25, 0.3) is 0 Å². The number of hydrogen-bond donors (Lipinski definition) is 0. The second kappa shape index (κ2) is 7.38. The second-order valence-electron chi connectivity index (χ2n) is 1.46. The van der Waals surface area contributed by atoms with E-state index in [2.05, 4.69) is 19.9 Å². The molecule has 0 atom stereocenters. The first-order valence-electron chi connectivity index (χ1n) is 2.26. The van der Waals surface area contributed by atoms with Crippen LogP contribution >= 0.6 is 0 Å². The summed E-state index contributed by atoms with van der Waals surface area (Å²) >= 11 is 0. The van der Waals surface area contributed by atoms with Gasteiger partial charge in [0.1, 0.15) is 0 Å². The standard InChI is InChI=1S/C6H11.K/c1-4-5-6(2)3;/h5H,2,4H2,1,3H3;/q;+1. The van der Waals surface area contributed by atoms with E-state index in [0.29, 0.717) is 0 Å². The molecule has 1 radical (unpaired) electrons. The molecule has 0 bridgehead atoms. The molecule has 0 heterocycles. The van der Waals surface area contributed by atoms with Crippen LogP contribution in [0.1, 0.15) is 20.3 Å². The van der Waals surface area contributed by atoms with Gasteiger partial charge >= 0.3 is 51.4 Å². The predicted molar refractivity (Wildman–Crippen MR) is 29.4 cm³/mol. The van der Waals surface area contributed by atoms with Crippen LogP contribution in [0.5, 0.6) is 0 Å². The Morgan fingerprint density at radius 2 is 2.14 bits per heavy atom. The van der Waals surface area contributed by atoms with Crippen molar-refractivity contribution < 1.29 is 51.4 Å². The molecular formula is C6H11K+. The Balaban J connectivity index is 0. The maximum atomic E-state index is 3.69. The van der Waals surface area contributed by atoms with Crippen molar-refractivity contribution in [3.05, 3.63) is 18.6 Å². The van der Waals surface area contributed by atoms with Gasteiger partial charge in [-0.25, -0.2) is 0 Å². The average molecular weight is 122 g/mol. The van der Waals surface area contributed by atoms with E-state index in [-0.39, 0.29) is 51.4 Å². The fourth-order valence-corrected chi connectivity index (χ4v) is 0.348. The first-order valence-corrected chi connectivity index (χ1v) is 2.26. The Labute approximate surface area is 88.8 Å². The fourth-order valence-electron chi connectivity index (χ4n) is 0.348. The van der Waals surface area contributed by atoms with Gasteiger partial charge in [-0.3, -0.25) is 0 Å². The zero-order valence-electron chi connectivity index (χ0n) is 5.49. The third-order valence-corrected chi connectivity index (χ3v) is 0.553. The van der Waals surface area contributed by atoms with E-state index < -0.39 is 0 Å². The molecule has 0 fully saturated rings. The van der Waals surface area contributed by atoms with Crippen molar-refractivity contribution in [3.8, 4) is 0 Å². The summed E-state index contributed by atoms with van der Waals surface area (Å²) in [6.45, 7) is 7.80. The van der Waals surface area contributed by atoms with E-state index in [1.807, 2.05) is 6.92 Å². The van der Waals surface area contributed by atoms with Crippen molar-refractivity contribution in [3.63, 3.8) is 0 Å². The Bertz CT molecular complexity index is 48.1. The monoisotopic (exact) mass is 122 g/mol. The van der Waals surface area contributed by atoms with Crippen molar-refractivity contribution in [1.29, 1.82) is 0 Å². The third kappa shape index (κ3) is 11.1. The molecule has 0 aliphatic heterocycles. The maximum Gasteiger partial charge on any atom is 1.00 e. The van der Waals surface area contributed by atoms with Gasteiger partial charge in [0.25, 0.3) is 0 Å². The summed E-state index contributed by atoms with van der Waals surface area (Å²) in [5.74, 6) is 0. The first-order chi connectivity index (χ1) is 2.77. The topological polar surface area (TPSA) is 0 Å². The quantitative estimate of drug-likeness (QED) is 0.420. The molecule has 0 aromatic rings. The van der Waals surface area contributed by atoms with Crippen molar-refractivity contribution in [2.45, 2.75) is 20.3 Å². The molecule has 0 aliphatic carbocycles. The molecule has 0 nitrogen and oxygen atoms in total. The zero-order chi connectivity index (χ0) is 4.99. The van der Waals surface area contributed by atoms with E-state index in [9.17, 15) is 0 Å². The summed E-state index contributed by atoms with van der Waals surface area (Å²) in [6.07, 6.45) is 3.20. The minimum Gasteiger partial charge on any atom is -0.0998 e. The molecule has 0 spiro atoms. The summed E-state index contributed by atoms with van der Waals surface area (Å²) in [4.78, 5) is 0. The average Bonchev–Trinajstić information content (AvgIpc) is 1.35. The van der Waals surface area contributed by atoms with Gasteiger partial charge in [-0.1, -0.05) is 19.1 Å². The zero-order valence-corrected chi connectivity index (χ0v) is 8.61. The SMILES string of the molecule is C=C(C)[CH]CC.[K+]. The Morgan fingerprint density at radius 1 is 1.71 bits per heavy atom. The van der Waals surface area contributed by atoms with Crippen LogP contribution in [0, 0.1) is 6.42 Å². The molecule has 0 aromatic carbocycles. The van der Waals surface area contributed by atoms with Crippen LogP contribution in [-0.2, 0) is 0 Å². The summed E-state index contributed by atoms with van der Waals surface area (Å²) < 4.78 is 0. The van der Waals surface area contributed by atoms with Gasteiger partial charge in [0.05, 0.1) is 0 Å². The fraction of sp³-hybridized carbons (Fsp3) is 0.500. The van der Waals surface area contributed by atoms with Crippen LogP contribution in [-0.4, -0.2) is 0 Å². The molecule has 0 saturated heterocycles. The van der Waals surface area contributed by atoms with Gasteiger partial charge in [-0.15, -0.1) is 0 Å². The van der Waals surface area contributed by atoms with Crippen LogP contribution in [0.4, 0.5) is 0 Å². The number of hydrogen-bond acceptors (Lipinski definition) is 0. The third-order valence-electron chi connectivity index (χ3n) is 0.553. The first kappa shape index (κ1) is 11.2. The van der Waals surface area contributed by atoms with Gasteiger partial charge < -0.3 is 0 Å². The molecule has 0 N–H and O–H groups in total. The van der Waals surface area contributed by atoms with Crippen molar-refractivity contribution >= 4 is 0 Å². The molecule has 7 heavy (non-hydrogen) atoms. The van der Waals surface area contributed by atoms with E-state index in [1.165, 1.54) is 0 Å². The summed E-state index contributed by atoms with van der Waals surface area (Å²) in [5.41, 5.74) is 1.16.